The van der Waals surface area contributed by atoms with E-state index in [0.717, 1.165) is 40.0 Å². The normalized spacial score (nSPS) is 21.1. The van der Waals surface area contributed by atoms with Gasteiger partial charge in [-0.25, -0.2) is 13.6 Å². The Kier molecular flexibility index (Phi) is 6.94. The topological polar surface area (TPSA) is 70.7 Å². The number of benzene rings is 3. The van der Waals surface area contributed by atoms with E-state index in [9.17, 15) is 18.4 Å². The monoisotopic (exact) mass is 545 g/mol. The molecule has 8 heteroatoms. The highest BCUT2D eigenvalue weighted by Gasteiger charge is 2.46. The van der Waals surface area contributed by atoms with Crippen LogP contribution in [0.5, 0.6) is 5.75 Å². The van der Waals surface area contributed by atoms with Gasteiger partial charge in [0.05, 0.1) is 7.11 Å². The Morgan fingerprint density at radius 3 is 2.58 bits per heavy atom. The number of fused-ring (bicyclic) bond motifs is 1. The predicted octanol–water partition coefficient (Wildman–Crippen LogP) is 5.65. The highest BCUT2D eigenvalue weighted by Crippen LogP contribution is 2.47. The summed E-state index contributed by atoms with van der Waals surface area (Å²) >= 11 is 0. The quantitative estimate of drug-likeness (QED) is 0.403. The van der Waals surface area contributed by atoms with Crippen molar-refractivity contribution in [2.24, 2.45) is 5.92 Å². The molecule has 6 rings (SSSR count). The van der Waals surface area contributed by atoms with Crippen LogP contribution in [0.15, 0.2) is 66.7 Å². The number of hydrogen-bond acceptors (Lipinski definition) is 3. The number of ether oxygens (including phenoxy) is 1. The van der Waals surface area contributed by atoms with Crippen LogP contribution >= 0.6 is 0 Å². The third kappa shape index (κ3) is 5.40. The summed E-state index contributed by atoms with van der Waals surface area (Å²) in [5, 5.41) is 5.90. The fraction of sp³-hybridized carbons (Fsp3) is 0.375. The summed E-state index contributed by atoms with van der Waals surface area (Å²) in [5.74, 6) is -1.67. The first kappa shape index (κ1) is 26.3. The van der Waals surface area contributed by atoms with E-state index < -0.39 is 12.0 Å². The number of methoxy groups -OCH3 is 1. The fourth-order valence-corrected chi connectivity index (χ4v) is 6.04. The van der Waals surface area contributed by atoms with Gasteiger partial charge in [-0.15, -0.1) is 0 Å². The van der Waals surface area contributed by atoms with Crippen molar-refractivity contribution >= 4 is 11.9 Å². The molecule has 0 saturated heterocycles. The van der Waals surface area contributed by atoms with E-state index in [1.165, 1.54) is 5.56 Å². The second kappa shape index (κ2) is 10.6. The van der Waals surface area contributed by atoms with Crippen LogP contribution in [0.3, 0.4) is 0 Å². The molecule has 3 amide bonds. The fourth-order valence-electron chi connectivity index (χ4n) is 6.04. The van der Waals surface area contributed by atoms with Crippen LogP contribution in [-0.4, -0.2) is 42.5 Å². The van der Waals surface area contributed by atoms with Crippen molar-refractivity contribution in [3.8, 4) is 16.9 Å². The molecule has 1 aliphatic heterocycles. The van der Waals surface area contributed by atoms with Crippen molar-refractivity contribution < 1.29 is 23.1 Å². The third-order valence-corrected chi connectivity index (χ3v) is 8.40. The molecule has 1 heterocycles. The van der Waals surface area contributed by atoms with Crippen molar-refractivity contribution in [3.05, 3.63) is 89.0 Å². The smallest absolute Gasteiger partial charge is 0.317 e. The van der Waals surface area contributed by atoms with E-state index in [1.54, 1.807) is 12.0 Å². The second-order valence-corrected chi connectivity index (χ2v) is 11.1. The zero-order valence-electron chi connectivity index (χ0n) is 22.5. The molecule has 208 valence electrons. The number of urea groups is 1. The van der Waals surface area contributed by atoms with Crippen LogP contribution in [0.2, 0.25) is 0 Å². The molecule has 0 aromatic heterocycles. The summed E-state index contributed by atoms with van der Waals surface area (Å²) in [7, 11) is 1.64. The van der Waals surface area contributed by atoms with E-state index in [-0.39, 0.29) is 36.6 Å². The molecule has 0 unspecified atom stereocenters. The van der Waals surface area contributed by atoms with E-state index in [0.29, 0.717) is 26.1 Å². The van der Waals surface area contributed by atoms with Gasteiger partial charge in [0.1, 0.15) is 5.75 Å². The number of amides is 3. The first-order valence-electron chi connectivity index (χ1n) is 13.9. The number of carbonyl (C=O) groups is 2. The van der Waals surface area contributed by atoms with Crippen molar-refractivity contribution in [2.45, 2.75) is 56.7 Å². The number of carbonyl (C=O) groups excluding carboxylic acids is 2. The molecule has 0 radical (unpaired) electrons. The second-order valence-electron chi connectivity index (χ2n) is 11.1. The van der Waals surface area contributed by atoms with Crippen LogP contribution in [-0.2, 0) is 24.3 Å². The summed E-state index contributed by atoms with van der Waals surface area (Å²) in [6.45, 7) is 1.20. The number of rotatable bonds is 7. The minimum absolute atomic E-state index is 0.0304. The molecule has 2 atom stereocenters. The average Bonchev–Trinajstić information content (AvgIpc) is 3.76. The molecule has 3 aliphatic rings. The van der Waals surface area contributed by atoms with Gasteiger partial charge in [-0.05, 0) is 64.3 Å². The van der Waals surface area contributed by atoms with Gasteiger partial charge < -0.3 is 20.3 Å². The number of halogens is 2. The molecule has 2 N–H and O–H groups in total. The molecule has 2 fully saturated rings. The maximum atomic E-state index is 13.3. The summed E-state index contributed by atoms with van der Waals surface area (Å²) in [6, 6.07) is 21.2. The number of hydrogen-bond donors (Lipinski definition) is 2. The van der Waals surface area contributed by atoms with E-state index in [2.05, 4.69) is 28.8 Å². The lowest BCUT2D eigenvalue weighted by molar-refractivity contribution is -0.122. The van der Waals surface area contributed by atoms with Gasteiger partial charge in [-0.2, -0.15) is 0 Å². The highest BCUT2D eigenvalue weighted by molar-refractivity contribution is 5.83. The van der Waals surface area contributed by atoms with Gasteiger partial charge in [0, 0.05) is 44.4 Å². The maximum Gasteiger partial charge on any atom is 0.317 e. The highest BCUT2D eigenvalue weighted by atomic mass is 19.3. The molecule has 3 aromatic rings. The Hall–Kier alpha value is -3.94. The molecule has 2 saturated carbocycles. The van der Waals surface area contributed by atoms with Gasteiger partial charge in [0.2, 0.25) is 5.91 Å². The van der Waals surface area contributed by atoms with Crippen LogP contribution in [0, 0.1) is 5.92 Å². The standard InChI is InChI=1S/C32H33F2N3O3/c1-40-24-9-5-8-21(14-24)25-11-10-22(18-35-30(38)28-15-27(28)20-6-3-2-4-7-20)29-19-37(13-12-26(25)29)31(39)36-23-16-32(33,34)17-23/h2-11,14,23,27-28H,12-13,15-19H2,1H3,(H,35,38)(H,36,39)/t27-,28-/m1/s1. The molecular formula is C32H33F2N3O3. The van der Waals surface area contributed by atoms with Gasteiger partial charge in [0.15, 0.2) is 0 Å². The van der Waals surface area contributed by atoms with Gasteiger partial charge in [-0.1, -0.05) is 54.6 Å². The molecular weight excluding hydrogens is 512 g/mol. The van der Waals surface area contributed by atoms with Crippen LogP contribution in [0.1, 0.15) is 47.4 Å². The Balaban J connectivity index is 1.21. The minimum atomic E-state index is -2.69. The lowest BCUT2D eigenvalue weighted by Crippen LogP contribution is -2.54. The average molecular weight is 546 g/mol. The molecule has 2 aliphatic carbocycles. The predicted molar refractivity (Wildman–Crippen MR) is 148 cm³/mol. The van der Waals surface area contributed by atoms with Crippen LogP contribution in [0.4, 0.5) is 13.6 Å². The van der Waals surface area contributed by atoms with Gasteiger partial charge >= 0.3 is 6.03 Å². The summed E-state index contributed by atoms with van der Waals surface area (Å²) in [4.78, 5) is 27.7. The first-order chi connectivity index (χ1) is 19.3. The van der Waals surface area contributed by atoms with Crippen LogP contribution in [0.25, 0.3) is 11.1 Å². The maximum absolute atomic E-state index is 13.3. The van der Waals surface area contributed by atoms with Crippen molar-refractivity contribution in [1.82, 2.24) is 15.5 Å². The lowest BCUT2D eigenvalue weighted by atomic mass is 9.87. The van der Waals surface area contributed by atoms with E-state index >= 15 is 0 Å². The van der Waals surface area contributed by atoms with E-state index in [4.69, 9.17) is 4.74 Å². The Bertz CT molecular complexity index is 1420. The molecule has 0 spiro atoms. The van der Waals surface area contributed by atoms with Crippen molar-refractivity contribution in [2.75, 3.05) is 13.7 Å². The Labute approximate surface area is 232 Å². The van der Waals surface area contributed by atoms with Crippen molar-refractivity contribution in [1.29, 1.82) is 0 Å². The largest absolute Gasteiger partial charge is 0.497 e. The zero-order chi connectivity index (χ0) is 27.9. The first-order valence-corrected chi connectivity index (χ1v) is 13.9. The Morgan fingerprint density at radius 1 is 1.02 bits per heavy atom. The van der Waals surface area contributed by atoms with Gasteiger partial charge in [-0.3, -0.25) is 4.79 Å². The molecule has 0 bridgehead atoms. The summed E-state index contributed by atoms with van der Waals surface area (Å²) < 4.78 is 32.1. The minimum Gasteiger partial charge on any atom is -0.497 e. The summed E-state index contributed by atoms with van der Waals surface area (Å²) in [5.41, 5.74) is 6.36. The van der Waals surface area contributed by atoms with Crippen LogP contribution < -0.4 is 15.4 Å². The summed E-state index contributed by atoms with van der Waals surface area (Å²) in [6.07, 6.45) is 0.838. The number of nitrogens with one attached hydrogen (secondary N) is 2. The van der Waals surface area contributed by atoms with E-state index in [1.807, 2.05) is 48.5 Å². The third-order valence-electron chi connectivity index (χ3n) is 8.40. The molecule has 3 aromatic carbocycles. The van der Waals surface area contributed by atoms with Gasteiger partial charge in [0.25, 0.3) is 5.92 Å². The zero-order valence-corrected chi connectivity index (χ0v) is 22.5. The molecule has 6 nitrogen and oxygen atoms in total. The SMILES string of the molecule is COc1cccc(-c2ccc(CNC(=O)[C@@H]3C[C@@H]3c3ccccc3)c3c2CCN(C(=O)NC2CC(F)(F)C2)C3)c1. The number of alkyl halides is 2. The Morgan fingerprint density at radius 2 is 1.82 bits per heavy atom. The van der Waals surface area contributed by atoms with Crippen molar-refractivity contribution in [3.63, 3.8) is 0 Å². The molecule has 40 heavy (non-hydrogen) atoms. The lowest BCUT2D eigenvalue weighted by Gasteiger charge is -2.38. The number of nitrogens with zero attached hydrogens (tertiary/aromatic N) is 1.